The van der Waals surface area contributed by atoms with Gasteiger partial charge in [-0.3, -0.25) is 4.79 Å². The molecule has 1 N–H and O–H groups in total. The van der Waals surface area contributed by atoms with Gasteiger partial charge in [0.2, 0.25) is 0 Å². The van der Waals surface area contributed by atoms with E-state index in [0.717, 1.165) is 5.69 Å². The largest absolute Gasteiger partial charge is 0.466 e. The summed E-state index contributed by atoms with van der Waals surface area (Å²) in [6.07, 6.45) is 0. The van der Waals surface area contributed by atoms with Gasteiger partial charge >= 0.3 is 5.97 Å². The van der Waals surface area contributed by atoms with Crippen molar-refractivity contribution in [2.45, 2.75) is 13.8 Å². The van der Waals surface area contributed by atoms with Gasteiger partial charge in [-0.1, -0.05) is 18.2 Å². The number of esters is 1. The van der Waals surface area contributed by atoms with Gasteiger partial charge in [-0.05, 0) is 19.1 Å². The third kappa shape index (κ3) is 10.7. The molecule has 0 fully saturated rings. The van der Waals surface area contributed by atoms with Crippen LogP contribution in [0.2, 0.25) is 0 Å². The number of hydrogen-bond acceptors (Lipinski definition) is 3. The molecule has 0 spiro atoms. The van der Waals surface area contributed by atoms with Gasteiger partial charge in [0.25, 0.3) is 0 Å². The maximum atomic E-state index is 9.82. The zero-order chi connectivity index (χ0) is 10.8. The maximum absolute atomic E-state index is 9.82. The van der Waals surface area contributed by atoms with Crippen molar-refractivity contribution in [1.29, 1.82) is 0 Å². The van der Waals surface area contributed by atoms with E-state index in [-0.39, 0.29) is 18.4 Å². The Morgan fingerprint density at radius 2 is 1.87 bits per heavy atom. The molecule has 1 aromatic rings. The highest BCUT2D eigenvalue weighted by Gasteiger charge is 1.81. The van der Waals surface area contributed by atoms with Crippen molar-refractivity contribution in [3.63, 3.8) is 0 Å². The molecular weight excluding hydrogens is 214 g/mol. The van der Waals surface area contributed by atoms with Crippen molar-refractivity contribution in [2.75, 3.05) is 19.0 Å². The molecule has 1 aromatic carbocycles. The van der Waals surface area contributed by atoms with Crippen LogP contribution in [0.15, 0.2) is 30.3 Å². The predicted octanol–water partition coefficient (Wildman–Crippen LogP) is 2.72. The molecule has 0 saturated heterocycles. The summed E-state index contributed by atoms with van der Waals surface area (Å²) in [6, 6.07) is 10.1. The van der Waals surface area contributed by atoms with E-state index in [0.29, 0.717) is 6.61 Å². The molecule has 15 heavy (non-hydrogen) atoms. The lowest BCUT2D eigenvalue weighted by molar-refractivity contribution is -0.140. The van der Waals surface area contributed by atoms with E-state index in [9.17, 15) is 4.79 Å². The fraction of sp³-hybridized carbons (Fsp3) is 0.364. The van der Waals surface area contributed by atoms with Crippen LogP contribution < -0.4 is 5.32 Å². The number of halogens is 1. The van der Waals surface area contributed by atoms with Crippen molar-refractivity contribution in [3.8, 4) is 0 Å². The van der Waals surface area contributed by atoms with Crippen molar-refractivity contribution in [1.82, 2.24) is 0 Å². The first kappa shape index (κ1) is 16.2. The van der Waals surface area contributed by atoms with Crippen LogP contribution in [-0.4, -0.2) is 19.6 Å². The second-order valence-corrected chi connectivity index (χ2v) is 2.54. The van der Waals surface area contributed by atoms with Gasteiger partial charge in [-0.25, -0.2) is 0 Å². The molecule has 4 heteroatoms. The molecule has 0 saturated carbocycles. The second-order valence-electron chi connectivity index (χ2n) is 2.54. The summed E-state index contributed by atoms with van der Waals surface area (Å²) in [5.74, 6) is -0.211. The summed E-state index contributed by atoms with van der Waals surface area (Å²) in [7, 11) is 1.91. The van der Waals surface area contributed by atoms with E-state index in [1.165, 1.54) is 6.92 Å². The smallest absolute Gasteiger partial charge is 0.302 e. The molecule has 0 aliphatic rings. The molecule has 0 aliphatic carbocycles. The first-order valence-corrected chi connectivity index (χ1v) is 4.56. The zero-order valence-electron chi connectivity index (χ0n) is 9.32. The van der Waals surface area contributed by atoms with E-state index < -0.39 is 0 Å². The number of carbonyl (C=O) groups is 1. The number of hydrogen-bond donors (Lipinski definition) is 1. The van der Waals surface area contributed by atoms with Crippen LogP contribution in [0.4, 0.5) is 5.69 Å². The fourth-order valence-electron chi connectivity index (χ4n) is 0.808. The van der Waals surface area contributed by atoms with Crippen molar-refractivity contribution >= 4 is 24.1 Å². The average Bonchev–Trinajstić information content (AvgIpc) is 2.20. The van der Waals surface area contributed by atoms with E-state index in [4.69, 9.17) is 0 Å². The highest BCUT2D eigenvalue weighted by Crippen LogP contribution is 2.01. The number of carbonyl (C=O) groups excluding carboxylic acids is 1. The first-order valence-electron chi connectivity index (χ1n) is 4.56. The van der Waals surface area contributed by atoms with Crippen LogP contribution in [-0.2, 0) is 9.53 Å². The lowest BCUT2D eigenvalue weighted by atomic mass is 10.3. The summed E-state index contributed by atoms with van der Waals surface area (Å²) in [6.45, 7) is 3.65. The Labute approximate surface area is 97.2 Å². The highest BCUT2D eigenvalue weighted by molar-refractivity contribution is 5.85. The Balaban J connectivity index is 0. The van der Waals surface area contributed by atoms with Crippen molar-refractivity contribution < 1.29 is 9.53 Å². The van der Waals surface area contributed by atoms with Crippen molar-refractivity contribution in [3.05, 3.63) is 30.3 Å². The SMILES string of the molecule is CCOC(C)=O.CNc1ccccc1.Cl. The van der Waals surface area contributed by atoms with Gasteiger partial charge < -0.3 is 10.1 Å². The van der Waals surface area contributed by atoms with Gasteiger partial charge in [0.15, 0.2) is 0 Å². The summed E-state index contributed by atoms with van der Waals surface area (Å²) in [5, 5.41) is 3.03. The van der Waals surface area contributed by atoms with Gasteiger partial charge in [-0.2, -0.15) is 0 Å². The van der Waals surface area contributed by atoms with E-state index >= 15 is 0 Å². The zero-order valence-corrected chi connectivity index (χ0v) is 10.1. The molecule has 0 aliphatic heterocycles. The quantitative estimate of drug-likeness (QED) is 0.796. The monoisotopic (exact) mass is 231 g/mol. The molecule has 0 bridgehead atoms. The van der Waals surface area contributed by atoms with Crippen LogP contribution in [0.1, 0.15) is 13.8 Å². The summed E-state index contributed by atoms with van der Waals surface area (Å²) >= 11 is 0. The number of anilines is 1. The Morgan fingerprint density at radius 1 is 1.33 bits per heavy atom. The maximum Gasteiger partial charge on any atom is 0.302 e. The Kier molecular flexibility index (Phi) is 11.7. The number of rotatable bonds is 2. The highest BCUT2D eigenvalue weighted by atomic mass is 35.5. The first-order chi connectivity index (χ1) is 6.70. The number of benzene rings is 1. The normalized spacial score (nSPS) is 7.67. The summed E-state index contributed by atoms with van der Waals surface area (Å²) in [4.78, 5) is 9.82. The lowest BCUT2D eigenvalue weighted by Gasteiger charge is -1.94. The van der Waals surface area contributed by atoms with Crippen LogP contribution in [0, 0.1) is 0 Å². The lowest BCUT2D eigenvalue weighted by Crippen LogP contribution is -1.95. The number of ether oxygens (including phenoxy) is 1. The molecule has 0 aromatic heterocycles. The van der Waals surface area contributed by atoms with Gasteiger partial charge in [0.1, 0.15) is 0 Å². The average molecular weight is 232 g/mol. The van der Waals surface area contributed by atoms with E-state index in [2.05, 4.69) is 10.1 Å². The topological polar surface area (TPSA) is 38.3 Å². The molecule has 0 radical (unpaired) electrons. The van der Waals surface area contributed by atoms with Gasteiger partial charge in [0.05, 0.1) is 6.61 Å². The third-order valence-electron chi connectivity index (χ3n) is 1.41. The van der Waals surface area contributed by atoms with Crippen LogP contribution in [0.3, 0.4) is 0 Å². The predicted molar refractivity (Wildman–Crippen MR) is 65.5 cm³/mol. The number of para-hydroxylation sites is 1. The summed E-state index contributed by atoms with van der Waals surface area (Å²) < 4.78 is 4.40. The standard InChI is InChI=1S/C7H9N.C4H8O2.ClH/c1-8-7-5-3-2-4-6-7;1-3-6-4(2)5;/h2-6,8H,1H3;3H2,1-2H3;1H. The molecule has 0 amide bonds. The Hall–Kier alpha value is -1.22. The minimum Gasteiger partial charge on any atom is -0.466 e. The molecule has 0 atom stereocenters. The Bertz CT molecular complexity index is 252. The molecule has 0 unspecified atom stereocenters. The molecule has 86 valence electrons. The Morgan fingerprint density at radius 3 is 2.07 bits per heavy atom. The van der Waals surface area contributed by atoms with Crippen LogP contribution >= 0.6 is 12.4 Å². The van der Waals surface area contributed by atoms with Crippen LogP contribution in [0.5, 0.6) is 0 Å². The fourth-order valence-corrected chi connectivity index (χ4v) is 0.808. The van der Waals surface area contributed by atoms with E-state index in [1.807, 2.05) is 37.4 Å². The molecule has 0 heterocycles. The third-order valence-corrected chi connectivity index (χ3v) is 1.41. The van der Waals surface area contributed by atoms with Gasteiger partial charge in [0, 0.05) is 19.7 Å². The van der Waals surface area contributed by atoms with Crippen LogP contribution in [0.25, 0.3) is 0 Å². The van der Waals surface area contributed by atoms with Crippen molar-refractivity contribution in [2.24, 2.45) is 0 Å². The van der Waals surface area contributed by atoms with Gasteiger partial charge in [-0.15, -0.1) is 12.4 Å². The minimum atomic E-state index is -0.211. The second kappa shape index (κ2) is 10.9. The van der Waals surface area contributed by atoms with E-state index in [1.54, 1.807) is 6.92 Å². The number of nitrogens with one attached hydrogen (secondary N) is 1. The summed E-state index contributed by atoms with van der Waals surface area (Å²) in [5.41, 5.74) is 1.16. The minimum absolute atomic E-state index is 0. The molecular formula is C11H18ClNO2. The molecule has 1 rings (SSSR count). The molecule has 3 nitrogen and oxygen atoms in total.